The Kier molecular flexibility index (Phi) is 6.88. The maximum absolute atomic E-state index is 11.5. The minimum atomic E-state index is -1.15. The van der Waals surface area contributed by atoms with Crippen LogP contribution in [-0.4, -0.2) is 42.5 Å². The van der Waals surface area contributed by atoms with Crippen molar-refractivity contribution in [3.8, 4) is 0 Å². The van der Waals surface area contributed by atoms with Crippen LogP contribution in [0.3, 0.4) is 0 Å². The van der Waals surface area contributed by atoms with E-state index in [1.54, 1.807) is 24.3 Å². The normalized spacial score (nSPS) is 11.6. The summed E-state index contributed by atoms with van der Waals surface area (Å²) in [5.41, 5.74) is 0.777. The van der Waals surface area contributed by atoms with Gasteiger partial charge in [0.25, 0.3) is 5.05 Å². The van der Waals surface area contributed by atoms with Gasteiger partial charge in [0.2, 0.25) is 0 Å². The van der Waals surface area contributed by atoms with Gasteiger partial charge in [0, 0.05) is 11.1 Å². The monoisotopic (exact) mass is 337 g/mol. The molecule has 122 valence electrons. The van der Waals surface area contributed by atoms with E-state index in [1.165, 1.54) is 27.4 Å². The van der Waals surface area contributed by atoms with Crippen molar-refractivity contribution in [2.24, 2.45) is 5.16 Å². The fourth-order valence-electron chi connectivity index (χ4n) is 1.65. The molecule has 0 unspecified atom stereocenters. The highest BCUT2D eigenvalue weighted by Gasteiger charge is 2.18. The summed E-state index contributed by atoms with van der Waals surface area (Å²) in [6, 6.07) is 6.57. The van der Waals surface area contributed by atoms with E-state index < -0.39 is 11.9 Å². The lowest BCUT2D eigenvalue weighted by Crippen LogP contribution is -2.14. The third-order valence-corrected chi connectivity index (χ3v) is 3.12. The fraction of sp³-hybridized carbons (Fsp3) is 0.200. The molecule has 0 saturated carbocycles. The Morgan fingerprint density at radius 2 is 1.87 bits per heavy atom. The molecule has 0 aliphatic heterocycles. The summed E-state index contributed by atoms with van der Waals surface area (Å²) in [6.07, 6.45) is 1.21. The van der Waals surface area contributed by atoms with Gasteiger partial charge in [-0.25, -0.2) is 9.59 Å². The Morgan fingerprint density at radius 1 is 1.22 bits per heavy atom. The summed E-state index contributed by atoms with van der Waals surface area (Å²) in [7, 11) is 2.61. The van der Waals surface area contributed by atoms with E-state index in [9.17, 15) is 14.7 Å². The number of hydrogen-bond donors (Lipinski definition) is 1. The van der Waals surface area contributed by atoms with Crippen LogP contribution in [0.5, 0.6) is 0 Å². The van der Waals surface area contributed by atoms with Crippen LogP contribution < -0.4 is 0 Å². The Hall–Kier alpha value is -2.74. The molecule has 7 nitrogen and oxygen atoms in total. The molecule has 0 aliphatic carbocycles. The van der Waals surface area contributed by atoms with Crippen molar-refractivity contribution in [3.63, 3.8) is 0 Å². The Morgan fingerprint density at radius 3 is 2.43 bits per heavy atom. The molecule has 0 fully saturated rings. The van der Waals surface area contributed by atoms with Gasteiger partial charge in [-0.05, 0) is 19.1 Å². The molecule has 0 spiro atoms. The third-order valence-electron chi connectivity index (χ3n) is 2.78. The lowest BCUT2D eigenvalue weighted by atomic mass is 9.99. The van der Waals surface area contributed by atoms with Crippen molar-refractivity contribution < 1.29 is 29.0 Å². The zero-order valence-corrected chi connectivity index (χ0v) is 13.5. The molecule has 8 heteroatoms. The first-order valence-corrected chi connectivity index (χ1v) is 6.73. The van der Waals surface area contributed by atoms with E-state index in [0.29, 0.717) is 11.1 Å². The van der Waals surface area contributed by atoms with Gasteiger partial charge < -0.3 is 19.4 Å². The Bertz CT molecular complexity index is 680. The van der Waals surface area contributed by atoms with Crippen LogP contribution in [0.15, 0.2) is 35.2 Å². The van der Waals surface area contributed by atoms with E-state index >= 15 is 0 Å². The van der Waals surface area contributed by atoms with E-state index in [1.807, 2.05) is 0 Å². The zero-order chi connectivity index (χ0) is 17.4. The Labute approximate surface area is 138 Å². The number of methoxy groups -OCH3 is 2. The first kappa shape index (κ1) is 18.3. The average molecular weight is 337 g/mol. The van der Waals surface area contributed by atoms with E-state index in [0.717, 1.165) is 0 Å². The van der Waals surface area contributed by atoms with Gasteiger partial charge in [-0.2, -0.15) is 0 Å². The highest BCUT2D eigenvalue weighted by Crippen LogP contribution is 2.22. The number of carbonyl (C=O) groups is 2. The molecule has 0 atom stereocenters. The number of carbonyl (C=O) groups excluding carboxylic acids is 1. The van der Waals surface area contributed by atoms with Crippen LogP contribution in [0, 0.1) is 0 Å². The number of aliphatic carboxylic acids is 1. The van der Waals surface area contributed by atoms with Gasteiger partial charge in [0.15, 0.2) is 0 Å². The summed E-state index contributed by atoms with van der Waals surface area (Å²) in [6.45, 7) is 1.54. The quantitative estimate of drug-likeness (QED) is 0.219. The summed E-state index contributed by atoms with van der Waals surface area (Å²) < 4.78 is 9.54. The first-order chi connectivity index (χ1) is 10.9. The van der Waals surface area contributed by atoms with Crippen LogP contribution >= 0.6 is 12.2 Å². The van der Waals surface area contributed by atoms with E-state index in [2.05, 4.69) is 26.9 Å². The fourth-order valence-corrected chi connectivity index (χ4v) is 1.68. The zero-order valence-electron chi connectivity index (χ0n) is 12.7. The molecular formula is C15H15NO6S. The lowest BCUT2D eigenvalue weighted by Gasteiger charge is -2.10. The first-order valence-electron chi connectivity index (χ1n) is 6.32. The largest absolute Gasteiger partial charge is 0.500 e. The smallest absolute Gasteiger partial charge is 0.411 e. The topological polar surface area (TPSA) is 94.4 Å². The van der Waals surface area contributed by atoms with E-state index in [-0.39, 0.29) is 16.4 Å². The van der Waals surface area contributed by atoms with Gasteiger partial charge in [0.1, 0.15) is 11.3 Å². The van der Waals surface area contributed by atoms with Gasteiger partial charge in [-0.3, -0.25) is 0 Å². The molecular weight excluding hydrogens is 322 g/mol. The molecule has 0 saturated heterocycles. The van der Waals surface area contributed by atoms with Crippen molar-refractivity contribution in [1.29, 1.82) is 0 Å². The van der Waals surface area contributed by atoms with Gasteiger partial charge >= 0.3 is 11.9 Å². The number of nitrogens with zero attached hydrogens (tertiary/aromatic N) is 1. The predicted molar refractivity (Wildman–Crippen MR) is 87.0 cm³/mol. The summed E-state index contributed by atoms with van der Waals surface area (Å²) in [4.78, 5) is 27.3. The van der Waals surface area contributed by atoms with Crippen LogP contribution in [0.2, 0.25) is 0 Å². The standard InChI is InChI=1S/C15H15NO6S/c1-9(20-2)12(13(17)18)11-7-5-4-6-10(11)8-16-22-14(19)15(23)21-3/h4-8H,1-3H3,(H,17,18)/b12-9+,16-8?. The van der Waals surface area contributed by atoms with Crippen LogP contribution in [-0.2, 0) is 23.9 Å². The van der Waals surface area contributed by atoms with Crippen molar-refractivity contribution in [2.45, 2.75) is 6.92 Å². The number of rotatable bonds is 5. The van der Waals surface area contributed by atoms with Crippen LogP contribution in [0.4, 0.5) is 0 Å². The lowest BCUT2D eigenvalue weighted by molar-refractivity contribution is -0.136. The molecule has 0 aliphatic rings. The van der Waals surface area contributed by atoms with Crippen LogP contribution in [0.25, 0.3) is 5.57 Å². The maximum atomic E-state index is 11.5. The molecule has 0 amide bonds. The second-order valence-electron chi connectivity index (χ2n) is 4.13. The van der Waals surface area contributed by atoms with Gasteiger partial charge in [0.05, 0.1) is 20.4 Å². The van der Waals surface area contributed by atoms with Crippen molar-refractivity contribution in [1.82, 2.24) is 0 Å². The molecule has 23 heavy (non-hydrogen) atoms. The number of hydrogen-bond acceptors (Lipinski definition) is 7. The SMILES string of the molecule is COC(=S)C(=O)ON=Cc1ccccc1/C(C(=O)O)=C(/C)OC. The number of carboxylic acid groups (broad SMARTS) is 1. The third kappa shape index (κ3) is 4.89. The second-order valence-corrected chi connectivity index (χ2v) is 4.50. The van der Waals surface area contributed by atoms with E-state index in [4.69, 9.17) is 4.74 Å². The minimum Gasteiger partial charge on any atom is -0.500 e. The molecule has 1 aromatic rings. The van der Waals surface area contributed by atoms with Crippen molar-refractivity contribution in [3.05, 3.63) is 41.2 Å². The van der Waals surface area contributed by atoms with Crippen LogP contribution in [0.1, 0.15) is 18.1 Å². The minimum absolute atomic E-state index is 0.0201. The number of benzene rings is 1. The maximum Gasteiger partial charge on any atom is 0.411 e. The second kappa shape index (κ2) is 8.64. The molecule has 1 aromatic carbocycles. The highest BCUT2D eigenvalue weighted by atomic mass is 32.1. The molecule has 0 radical (unpaired) electrons. The summed E-state index contributed by atoms with van der Waals surface area (Å²) in [5.74, 6) is -1.84. The van der Waals surface area contributed by atoms with Gasteiger partial charge in [-0.15, -0.1) is 0 Å². The Balaban J connectivity index is 3.14. The molecule has 1 rings (SSSR count). The predicted octanol–water partition coefficient (Wildman–Crippen LogP) is 2.00. The molecule has 0 bridgehead atoms. The highest BCUT2D eigenvalue weighted by molar-refractivity contribution is 7.81. The van der Waals surface area contributed by atoms with Crippen molar-refractivity contribution in [2.75, 3.05) is 14.2 Å². The molecule has 1 N–H and O–H groups in total. The average Bonchev–Trinajstić information content (AvgIpc) is 2.54. The number of oxime groups is 1. The number of allylic oxidation sites excluding steroid dienone is 1. The number of thiocarbonyl (C=S) groups is 1. The summed E-state index contributed by atoms with van der Waals surface area (Å²) in [5, 5.41) is 12.5. The number of carboxylic acids is 1. The van der Waals surface area contributed by atoms with Crippen molar-refractivity contribution >= 4 is 41.0 Å². The molecule has 0 aromatic heterocycles. The summed E-state index contributed by atoms with van der Waals surface area (Å²) >= 11 is 4.59. The number of ether oxygens (including phenoxy) is 2. The molecule has 0 heterocycles. The van der Waals surface area contributed by atoms with Gasteiger partial charge in [-0.1, -0.05) is 29.4 Å².